The van der Waals surface area contributed by atoms with Gasteiger partial charge >= 0.3 is 0 Å². The Morgan fingerprint density at radius 1 is 1.09 bits per heavy atom. The molecule has 0 aliphatic rings. The van der Waals surface area contributed by atoms with Gasteiger partial charge in [0.25, 0.3) is 15.9 Å². The maximum atomic E-state index is 13.3. The summed E-state index contributed by atoms with van der Waals surface area (Å²) in [6, 6.07) is 11.8. The minimum absolute atomic E-state index is 0.00431. The Balaban J connectivity index is 1.60. The van der Waals surface area contributed by atoms with Gasteiger partial charge in [0.15, 0.2) is 6.61 Å². The van der Waals surface area contributed by atoms with Crippen molar-refractivity contribution in [3.05, 3.63) is 64.1 Å². The number of sulfonamides is 1. The van der Waals surface area contributed by atoms with Crippen LogP contribution in [0.4, 0.5) is 0 Å². The normalized spacial score (nSPS) is 12.0. The molecule has 0 unspecified atom stereocenters. The number of halogens is 2. The Hall–Kier alpha value is -2.77. The first-order valence-corrected chi connectivity index (χ1v) is 14.2. The van der Waals surface area contributed by atoms with E-state index in [4.69, 9.17) is 32.7 Å². The van der Waals surface area contributed by atoms with E-state index in [1.165, 1.54) is 31.5 Å². The zero-order valence-electron chi connectivity index (χ0n) is 17.7. The zero-order chi connectivity index (χ0) is 25.4. The van der Waals surface area contributed by atoms with E-state index >= 15 is 0 Å². The number of carbonyl (C=O) groups is 1. The van der Waals surface area contributed by atoms with E-state index in [1.807, 2.05) is 4.72 Å². The molecule has 1 amide bonds. The molecule has 2 N–H and O–H groups in total. The third kappa shape index (κ3) is 5.11. The number of sulfone groups is 1. The number of hydrogen-bond donors (Lipinski definition) is 2. The lowest BCUT2D eigenvalue weighted by Crippen LogP contribution is -2.34. The first-order chi connectivity index (χ1) is 16.5. The summed E-state index contributed by atoms with van der Waals surface area (Å²) < 4.78 is 63.8. The molecule has 0 aliphatic heterocycles. The van der Waals surface area contributed by atoms with Crippen molar-refractivity contribution in [3.63, 3.8) is 0 Å². The molecular weight excluding hydrogens is 559 g/mol. The molecule has 2 heterocycles. The number of benzene rings is 2. The number of thiophene rings is 1. The molecule has 0 fully saturated rings. The van der Waals surface area contributed by atoms with Gasteiger partial charge in [0.1, 0.15) is 24.9 Å². The molecule has 184 valence electrons. The Kier molecular flexibility index (Phi) is 7.02. The van der Waals surface area contributed by atoms with Crippen LogP contribution in [0.2, 0.25) is 9.36 Å². The molecule has 0 atom stereocenters. The molecule has 0 radical (unpaired) electrons. The SMILES string of the molecule is COc1cccc(S(=O)(=O)c2c[nH]c3cccc(OCC(=O)NS(=O)(=O)c4cc(Cl)c(Cl)s4)c23)c1. The largest absolute Gasteiger partial charge is 0.497 e. The van der Waals surface area contributed by atoms with Crippen molar-refractivity contribution in [3.8, 4) is 11.5 Å². The van der Waals surface area contributed by atoms with Crippen LogP contribution < -0.4 is 14.2 Å². The molecule has 35 heavy (non-hydrogen) atoms. The fraction of sp³-hybridized carbons (Fsp3) is 0.0952. The number of rotatable bonds is 8. The highest BCUT2D eigenvalue weighted by Gasteiger charge is 2.26. The molecule has 2 aromatic carbocycles. The molecule has 0 saturated heterocycles. The number of amides is 1. The first-order valence-electron chi connectivity index (χ1n) is 9.65. The van der Waals surface area contributed by atoms with Crippen molar-refractivity contribution in [2.75, 3.05) is 13.7 Å². The lowest BCUT2D eigenvalue weighted by Gasteiger charge is -2.10. The summed E-state index contributed by atoms with van der Waals surface area (Å²) in [5.41, 5.74) is 0.444. The quantitative estimate of drug-likeness (QED) is 0.321. The van der Waals surface area contributed by atoms with E-state index < -0.39 is 32.4 Å². The van der Waals surface area contributed by atoms with Gasteiger partial charge in [0.2, 0.25) is 9.84 Å². The third-order valence-electron chi connectivity index (χ3n) is 4.77. The van der Waals surface area contributed by atoms with E-state index in [9.17, 15) is 21.6 Å². The highest BCUT2D eigenvalue weighted by atomic mass is 35.5. The van der Waals surface area contributed by atoms with E-state index in [0.717, 1.165) is 6.07 Å². The molecule has 0 aliphatic carbocycles. The highest BCUT2D eigenvalue weighted by Crippen LogP contribution is 2.36. The summed E-state index contributed by atoms with van der Waals surface area (Å²) in [6.07, 6.45) is 1.32. The van der Waals surface area contributed by atoms with Gasteiger partial charge in [-0.2, -0.15) is 0 Å². The molecule has 0 bridgehead atoms. The number of fused-ring (bicyclic) bond motifs is 1. The molecule has 2 aromatic heterocycles. The fourth-order valence-corrected chi connectivity index (χ4v) is 7.51. The number of hydrogen-bond acceptors (Lipinski definition) is 8. The summed E-state index contributed by atoms with van der Waals surface area (Å²) >= 11 is 12.3. The number of aromatic nitrogens is 1. The van der Waals surface area contributed by atoms with Crippen LogP contribution >= 0.6 is 34.5 Å². The number of carbonyl (C=O) groups excluding carboxylic acids is 1. The Bertz CT molecular complexity index is 1620. The predicted molar refractivity (Wildman–Crippen MR) is 132 cm³/mol. The average molecular weight is 575 g/mol. The van der Waals surface area contributed by atoms with Gasteiger partial charge in [-0.05, 0) is 36.4 Å². The van der Waals surface area contributed by atoms with Crippen LogP contribution in [-0.4, -0.2) is 41.4 Å². The van der Waals surface area contributed by atoms with Crippen molar-refractivity contribution in [2.45, 2.75) is 14.0 Å². The maximum Gasteiger partial charge on any atom is 0.273 e. The van der Waals surface area contributed by atoms with Crippen LogP contribution in [-0.2, 0) is 24.7 Å². The highest BCUT2D eigenvalue weighted by molar-refractivity contribution is 7.92. The van der Waals surface area contributed by atoms with E-state index in [-0.39, 0.29) is 34.5 Å². The van der Waals surface area contributed by atoms with Gasteiger partial charge in [0.05, 0.1) is 27.9 Å². The van der Waals surface area contributed by atoms with Crippen LogP contribution in [0.1, 0.15) is 0 Å². The second-order valence-corrected chi connectivity index (χ2v) is 12.9. The smallest absolute Gasteiger partial charge is 0.273 e. The summed E-state index contributed by atoms with van der Waals surface area (Å²) in [5.74, 6) is -0.538. The van der Waals surface area contributed by atoms with Crippen LogP contribution in [0, 0.1) is 0 Å². The van der Waals surface area contributed by atoms with Gasteiger partial charge in [-0.1, -0.05) is 35.3 Å². The van der Waals surface area contributed by atoms with E-state index in [2.05, 4.69) is 4.98 Å². The molecule has 4 aromatic rings. The topological polar surface area (TPSA) is 132 Å². The lowest BCUT2D eigenvalue weighted by molar-refractivity contribution is -0.121. The van der Waals surface area contributed by atoms with Gasteiger partial charge in [0, 0.05) is 6.20 Å². The molecule has 0 saturated carbocycles. The predicted octanol–water partition coefficient (Wildman–Crippen LogP) is 4.26. The number of aromatic amines is 1. The maximum absolute atomic E-state index is 13.3. The molecular formula is C21H16Cl2N2O7S3. The average Bonchev–Trinajstić information content (AvgIpc) is 3.42. The number of methoxy groups -OCH3 is 1. The third-order valence-corrected chi connectivity index (χ3v) is 10.3. The van der Waals surface area contributed by atoms with E-state index in [1.54, 1.807) is 24.3 Å². The second-order valence-electron chi connectivity index (χ2n) is 7.02. The minimum atomic E-state index is -4.22. The standard InChI is InChI=1S/C21H16Cl2N2O7S3/c1-31-12-4-2-5-13(8-12)34(27,28)17-10-24-15-6-3-7-16(20(15)17)32-11-18(26)25-35(29,30)19-9-14(22)21(23)33-19/h2-10,24H,11H2,1H3,(H,25,26). The van der Waals surface area contributed by atoms with E-state index in [0.29, 0.717) is 22.6 Å². The monoisotopic (exact) mass is 574 g/mol. The number of nitrogens with one attached hydrogen (secondary N) is 2. The fourth-order valence-electron chi connectivity index (χ4n) is 3.18. The van der Waals surface area contributed by atoms with Gasteiger partial charge in [-0.25, -0.2) is 21.6 Å². The Morgan fingerprint density at radius 2 is 1.83 bits per heavy atom. The van der Waals surface area contributed by atoms with Gasteiger partial charge in [-0.3, -0.25) is 4.79 Å². The zero-order valence-corrected chi connectivity index (χ0v) is 21.7. The Labute approximate surface area is 214 Å². The van der Waals surface area contributed by atoms with Gasteiger partial charge < -0.3 is 14.5 Å². The van der Waals surface area contributed by atoms with Crippen molar-refractivity contribution < 1.29 is 31.1 Å². The second kappa shape index (κ2) is 9.70. The summed E-state index contributed by atoms with van der Waals surface area (Å²) in [7, 11) is -6.78. The van der Waals surface area contributed by atoms with Crippen LogP contribution in [0.5, 0.6) is 11.5 Å². The molecule has 14 heteroatoms. The van der Waals surface area contributed by atoms with Crippen LogP contribution in [0.15, 0.2) is 68.7 Å². The van der Waals surface area contributed by atoms with Crippen LogP contribution in [0.25, 0.3) is 10.9 Å². The Morgan fingerprint density at radius 3 is 2.51 bits per heavy atom. The summed E-state index contributed by atoms with van der Waals surface area (Å²) in [5, 5.41) is 0.257. The number of ether oxygens (including phenoxy) is 2. The van der Waals surface area contributed by atoms with Crippen molar-refractivity contribution in [1.82, 2.24) is 9.71 Å². The summed E-state index contributed by atoms with van der Waals surface area (Å²) in [6.45, 7) is -0.699. The van der Waals surface area contributed by atoms with Crippen molar-refractivity contribution in [2.24, 2.45) is 0 Å². The van der Waals surface area contributed by atoms with Crippen LogP contribution in [0.3, 0.4) is 0 Å². The van der Waals surface area contributed by atoms with Crippen molar-refractivity contribution >= 4 is 71.2 Å². The lowest BCUT2D eigenvalue weighted by atomic mass is 10.2. The first kappa shape index (κ1) is 25.3. The molecule has 4 rings (SSSR count). The number of H-pyrrole nitrogens is 1. The summed E-state index contributed by atoms with van der Waals surface area (Å²) in [4.78, 5) is 15.1. The minimum Gasteiger partial charge on any atom is -0.497 e. The van der Waals surface area contributed by atoms with Gasteiger partial charge in [-0.15, -0.1) is 11.3 Å². The molecule has 0 spiro atoms. The van der Waals surface area contributed by atoms with Crippen molar-refractivity contribution in [1.29, 1.82) is 0 Å². The molecule has 9 nitrogen and oxygen atoms in total.